The number of fused-ring (bicyclic) bond motifs is 1. The van der Waals surface area contributed by atoms with Gasteiger partial charge in [-0.25, -0.2) is 0 Å². The van der Waals surface area contributed by atoms with Crippen molar-refractivity contribution in [2.45, 2.75) is 19.4 Å². The van der Waals surface area contributed by atoms with Gasteiger partial charge in [0.05, 0.1) is 0 Å². The molecule has 2 rings (SSSR count). The molecule has 1 aromatic rings. The van der Waals surface area contributed by atoms with Crippen LogP contribution in [-0.4, -0.2) is 17.9 Å². The highest BCUT2D eigenvalue weighted by Gasteiger charge is 2.21. The van der Waals surface area contributed by atoms with Crippen LogP contribution >= 0.6 is 0 Å². The van der Waals surface area contributed by atoms with Crippen molar-refractivity contribution in [2.24, 2.45) is 11.7 Å². The first-order valence-corrected chi connectivity index (χ1v) is 5.45. The van der Waals surface area contributed by atoms with Crippen LogP contribution in [0.1, 0.15) is 24.9 Å². The van der Waals surface area contributed by atoms with Crippen LogP contribution in [0.25, 0.3) is 0 Å². The summed E-state index contributed by atoms with van der Waals surface area (Å²) >= 11 is 0. The molecule has 17 heavy (non-hydrogen) atoms. The van der Waals surface area contributed by atoms with E-state index in [2.05, 4.69) is 0 Å². The van der Waals surface area contributed by atoms with E-state index in [4.69, 9.17) is 20.3 Å². The smallest absolute Gasteiger partial charge is 0.303 e. The van der Waals surface area contributed by atoms with Crippen LogP contribution in [0.15, 0.2) is 18.2 Å². The molecule has 1 aliphatic rings. The maximum absolute atomic E-state index is 10.6. The van der Waals surface area contributed by atoms with Crippen LogP contribution in [0, 0.1) is 5.92 Å². The summed E-state index contributed by atoms with van der Waals surface area (Å²) in [5.74, 6) is 0.397. The Morgan fingerprint density at radius 2 is 2.18 bits per heavy atom. The van der Waals surface area contributed by atoms with E-state index in [0.717, 1.165) is 5.56 Å². The van der Waals surface area contributed by atoms with Gasteiger partial charge in [-0.2, -0.15) is 0 Å². The molecule has 92 valence electrons. The largest absolute Gasteiger partial charge is 0.481 e. The van der Waals surface area contributed by atoms with Crippen molar-refractivity contribution in [3.63, 3.8) is 0 Å². The highest BCUT2D eigenvalue weighted by Crippen LogP contribution is 2.35. The number of carboxylic acid groups (broad SMARTS) is 1. The Morgan fingerprint density at radius 1 is 1.47 bits per heavy atom. The van der Waals surface area contributed by atoms with Gasteiger partial charge in [-0.05, 0) is 23.6 Å². The third-order valence-corrected chi connectivity index (χ3v) is 2.89. The maximum Gasteiger partial charge on any atom is 0.303 e. The molecule has 5 nitrogen and oxygen atoms in total. The monoisotopic (exact) mass is 237 g/mol. The van der Waals surface area contributed by atoms with Crippen LogP contribution in [0.3, 0.4) is 0 Å². The number of hydrogen-bond acceptors (Lipinski definition) is 4. The van der Waals surface area contributed by atoms with E-state index in [1.165, 1.54) is 0 Å². The van der Waals surface area contributed by atoms with Gasteiger partial charge in [0, 0.05) is 12.5 Å². The van der Waals surface area contributed by atoms with Crippen molar-refractivity contribution in [2.75, 3.05) is 6.79 Å². The molecular formula is C12H15NO4. The molecule has 0 spiro atoms. The molecule has 0 aromatic heterocycles. The van der Waals surface area contributed by atoms with Crippen molar-refractivity contribution in [1.29, 1.82) is 0 Å². The Bertz CT molecular complexity index is 433. The first kappa shape index (κ1) is 11.7. The van der Waals surface area contributed by atoms with Crippen molar-refractivity contribution in [3.05, 3.63) is 23.8 Å². The second-order valence-electron chi connectivity index (χ2n) is 4.21. The standard InChI is InChI=1S/C12H15NO4/c1-7(4-11(14)15)12(13)8-2-3-9-10(5-8)17-6-16-9/h2-3,5,7,12H,4,6,13H2,1H3,(H,14,15). The average molecular weight is 237 g/mol. The summed E-state index contributed by atoms with van der Waals surface area (Å²) in [6.45, 7) is 2.04. The number of aliphatic carboxylic acids is 1. The number of carbonyl (C=O) groups is 1. The minimum atomic E-state index is -0.839. The number of benzene rings is 1. The third kappa shape index (κ3) is 2.50. The van der Waals surface area contributed by atoms with Crippen LogP contribution < -0.4 is 15.2 Å². The number of ether oxygens (including phenoxy) is 2. The summed E-state index contributed by atoms with van der Waals surface area (Å²) in [4.78, 5) is 10.6. The van der Waals surface area contributed by atoms with Gasteiger partial charge < -0.3 is 20.3 Å². The Hall–Kier alpha value is -1.75. The summed E-state index contributed by atoms with van der Waals surface area (Å²) in [6, 6.07) is 5.13. The normalized spacial score (nSPS) is 16.6. The zero-order valence-corrected chi connectivity index (χ0v) is 9.55. The Labute approximate surface area is 99.1 Å². The summed E-state index contributed by atoms with van der Waals surface area (Å²) in [5.41, 5.74) is 6.89. The lowest BCUT2D eigenvalue weighted by atomic mass is 9.92. The van der Waals surface area contributed by atoms with Crippen LogP contribution in [0.4, 0.5) is 0 Å². The van der Waals surface area contributed by atoms with E-state index < -0.39 is 5.97 Å². The first-order valence-electron chi connectivity index (χ1n) is 5.45. The fourth-order valence-electron chi connectivity index (χ4n) is 1.85. The van der Waals surface area contributed by atoms with Gasteiger partial charge >= 0.3 is 5.97 Å². The number of carboxylic acids is 1. The maximum atomic E-state index is 10.6. The minimum absolute atomic E-state index is 0.0512. The number of nitrogens with two attached hydrogens (primary N) is 1. The second-order valence-corrected chi connectivity index (χ2v) is 4.21. The lowest BCUT2D eigenvalue weighted by Gasteiger charge is -2.18. The molecule has 0 radical (unpaired) electrons. The highest BCUT2D eigenvalue weighted by atomic mass is 16.7. The fourth-order valence-corrected chi connectivity index (χ4v) is 1.85. The SMILES string of the molecule is CC(CC(=O)O)C(N)c1ccc2c(c1)OCO2. The molecule has 0 fully saturated rings. The summed E-state index contributed by atoms with van der Waals surface area (Å²) in [6.07, 6.45) is 0.0512. The zero-order valence-electron chi connectivity index (χ0n) is 9.55. The van der Waals surface area contributed by atoms with Crippen molar-refractivity contribution in [1.82, 2.24) is 0 Å². The third-order valence-electron chi connectivity index (χ3n) is 2.89. The van der Waals surface area contributed by atoms with E-state index in [1.807, 2.05) is 19.1 Å². The molecule has 0 amide bonds. The van der Waals surface area contributed by atoms with Gasteiger partial charge in [-0.15, -0.1) is 0 Å². The molecule has 0 saturated heterocycles. The predicted octanol–water partition coefficient (Wildman–Crippen LogP) is 1.53. The molecule has 0 bridgehead atoms. The molecule has 1 aromatic carbocycles. The summed E-state index contributed by atoms with van der Waals surface area (Å²) in [5, 5.41) is 8.73. The average Bonchev–Trinajstić information content (AvgIpc) is 2.73. The molecule has 0 saturated carbocycles. The summed E-state index contributed by atoms with van der Waals surface area (Å²) < 4.78 is 10.5. The molecule has 5 heteroatoms. The van der Waals surface area contributed by atoms with Crippen LogP contribution in [0.2, 0.25) is 0 Å². The van der Waals surface area contributed by atoms with Gasteiger partial charge in [0.15, 0.2) is 11.5 Å². The molecule has 2 atom stereocenters. The van der Waals surface area contributed by atoms with E-state index in [0.29, 0.717) is 11.5 Å². The van der Waals surface area contributed by atoms with Gasteiger partial charge in [0.25, 0.3) is 0 Å². The minimum Gasteiger partial charge on any atom is -0.481 e. The quantitative estimate of drug-likeness (QED) is 0.829. The first-order chi connectivity index (χ1) is 8.08. The second kappa shape index (κ2) is 4.63. The van der Waals surface area contributed by atoms with Crippen molar-refractivity contribution < 1.29 is 19.4 Å². The van der Waals surface area contributed by atoms with Crippen molar-refractivity contribution in [3.8, 4) is 11.5 Å². The van der Waals surface area contributed by atoms with E-state index in [1.54, 1.807) is 6.07 Å². The highest BCUT2D eigenvalue weighted by molar-refractivity contribution is 5.67. The Morgan fingerprint density at radius 3 is 2.88 bits per heavy atom. The van der Waals surface area contributed by atoms with E-state index in [9.17, 15) is 4.79 Å². The molecule has 1 aliphatic heterocycles. The molecule has 0 aliphatic carbocycles. The van der Waals surface area contributed by atoms with E-state index >= 15 is 0 Å². The molecule has 2 unspecified atom stereocenters. The Balaban J connectivity index is 2.14. The Kier molecular flexibility index (Phi) is 3.19. The number of hydrogen-bond donors (Lipinski definition) is 2. The predicted molar refractivity (Wildman–Crippen MR) is 60.9 cm³/mol. The molecular weight excluding hydrogens is 222 g/mol. The van der Waals surface area contributed by atoms with Gasteiger partial charge in [-0.1, -0.05) is 13.0 Å². The van der Waals surface area contributed by atoms with Gasteiger partial charge in [-0.3, -0.25) is 4.79 Å². The topological polar surface area (TPSA) is 81.8 Å². The fraction of sp³-hybridized carbons (Fsp3) is 0.417. The molecule has 1 heterocycles. The lowest BCUT2D eigenvalue weighted by molar-refractivity contribution is -0.138. The molecule has 3 N–H and O–H groups in total. The van der Waals surface area contributed by atoms with E-state index in [-0.39, 0.29) is 25.2 Å². The van der Waals surface area contributed by atoms with Crippen LogP contribution in [-0.2, 0) is 4.79 Å². The van der Waals surface area contributed by atoms with Gasteiger partial charge in [0.2, 0.25) is 6.79 Å². The lowest BCUT2D eigenvalue weighted by Crippen LogP contribution is -2.21. The van der Waals surface area contributed by atoms with Crippen molar-refractivity contribution >= 4 is 5.97 Å². The zero-order chi connectivity index (χ0) is 12.4. The van der Waals surface area contributed by atoms with Crippen LogP contribution in [0.5, 0.6) is 11.5 Å². The van der Waals surface area contributed by atoms with Gasteiger partial charge in [0.1, 0.15) is 0 Å². The summed E-state index contributed by atoms with van der Waals surface area (Å²) in [7, 11) is 0. The number of rotatable bonds is 4.